The van der Waals surface area contributed by atoms with Gasteiger partial charge >= 0.3 is 0 Å². The van der Waals surface area contributed by atoms with E-state index in [0.717, 1.165) is 37.9 Å². The van der Waals surface area contributed by atoms with Gasteiger partial charge < -0.3 is 10.6 Å². The van der Waals surface area contributed by atoms with Gasteiger partial charge in [-0.3, -0.25) is 9.89 Å². The largest absolute Gasteiger partial charge is 0.356 e. The zero-order valence-corrected chi connectivity index (χ0v) is 14.1. The van der Waals surface area contributed by atoms with E-state index in [1.807, 2.05) is 7.05 Å². The summed E-state index contributed by atoms with van der Waals surface area (Å²) in [5, 5.41) is 6.81. The standard InChI is InChI=1S/C16H34N4/c1-13(2)20(14(3)4)12-6-10-18-16(17-5)19-11-9-15-7-8-15/h13-15H,6-12H2,1-5H3,(H2,17,18,19). The first kappa shape index (κ1) is 17.3. The van der Waals surface area contributed by atoms with E-state index in [1.54, 1.807) is 0 Å². The number of hydrogen-bond acceptors (Lipinski definition) is 2. The third-order valence-electron chi connectivity index (χ3n) is 3.98. The average molecular weight is 282 g/mol. The minimum absolute atomic E-state index is 0.617. The third-order valence-corrected chi connectivity index (χ3v) is 3.98. The Labute approximate surface area is 125 Å². The highest BCUT2D eigenvalue weighted by molar-refractivity contribution is 5.79. The van der Waals surface area contributed by atoms with Crippen molar-refractivity contribution < 1.29 is 0 Å². The van der Waals surface area contributed by atoms with Gasteiger partial charge in [-0.15, -0.1) is 0 Å². The molecule has 1 saturated carbocycles. The molecule has 0 aromatic rings. The molecule has 0 aromatic heterocycles. The molecule has 20 heavy (non-hydrogen) atoms. The molecule has 4 heteroatoms. The van der Waals surface area contributed by atoms with Crippen molar-refractivity contribution in [3.05, 3.63) is 0 Å². The van der Waals surface area contributed by atoms with E-state index in [-0.39, 0.29) is 0 Å². The van der Waals surface area contributed by atoms with Gasteiger partial charge in [-0.2, -0.15) is 0 Å². The Kier molecular flexibility index (Phi) is 7.97. The van der Waals surface area contributed by atoms with Crippen molar-refractivity contribution in [2.75, 3.05) is 26.7 Å². The Balaban J connectivity index is 2.10. The molecule has 1 fully saturated rings. The van der Waals surface area contributed by atoms with Gasteiger partial charge in [-0.25, -0.2) is 0 Å². The van der Waals surface area contributed by atoms with Crippen LogP contribution >= 0.6 is 0 Å². The lowest BCUT2D eigenvalue weighted by Gasteiger charge is -2.30. The van der Waals surface area contributed by atoms with Crippen molar-refractivity contribution >= 4 is 5.96 Å². The molecule has 1 aliphatic carbocycles. The van der Waals surface area contributed by atoms with Crippen LogP contribution in [-0.2, 0) is 0 Å². The van der Waals surface area contributed by atoms with Crippen LogP contribution in [0.5, 0.6) is 0 Å². The molecule has 0 atom stereocenters. The van der Waals surface area contributed by atoms with Gasteiger partial charge in [0.15, 0.2) is 5.96 Å². The van der Waals surface area contributed by atoms with Gasteiger partial charge in [-0.05, 0) is 46.5 Å². The van der Waals surface area contributed by atoms with E-state index in [1.165, 1.54) is 19.3 Å². The molecule has 0 amide bonds. The molecule has 118 valence electrons. The van der Waals surface area contributed by atoms with Crippen LogP contribution in [0.2, 0.25) is 0 Å². The molecule has 0 radical (unpaired) electrons. The fraction of sp³-hybridized carbons (Fsp3) is 0.938. The minimum Gasteiger partial charge on any atom is -0.356 e. The monoisotopic (exact) mass is 282 g/mol. The van der Waals surface area contributed by atoms with Gasteiger partial charge in [0, 0.05) is 38.8 Å². The Bertz CT molecular complexity index is 274. The molecule has 0 saturated heterocycles. The molecule has 0 bridgehead atoms. The Morgan fingerprint density at radius 2 is 1.70 bits per heavy atom. The van der Waals surface area contributed by atoms with Crippen molar-refractivity contribution in [1.29, 1.82) is 0 Å². The lowest BCUT2D eigenvalue weighted by Crippen LogP contribution is -2.41. The van der Waals surface area contributed by atoms with E-state index in [0.29, 0.717) is 12.1 Å². The summed E-state index contributed by atoms with van der Waals surface area (Å²) in [5.41, 5.74) is 0. The smallest absolute Gasteiger partial charge is 0.190 e. The van der Waals surface area contributed by atoms with Crippen LogP contribution in [-0.4, -0.2) is 49.6 Å². The molecule has 0 aromatic carbocycles. The predicted octanol–water partition coefficient (Wildman–Crippen LogP) is 2.46. The van der Waals surface area contributed by atoms with E-state index in [2.05, 4.69) is 48.2 Å². The van der Waals surface area contributed by atoms with Gasteiger partial charge in [-0.1, -0.05) is 12.8 Å². The van der Waals surface area contributed by atoms with Gasteiger partial charge in [0.1, 0.15) is 0 Å². The fourth-order valence-corrected chi connectivity index (χ4v) is 2.60. The van der Waals surface area contributed by atoms with Gasteiger partial charge in [0.05, 0.1) is 0 Å². The number of hydrogen-bond donors (Lipinski definition) is 2. The fourth-order valence-electron chi connectivity index (χ4n) is 2.60. The number of nitrogens with one attached hydrogen (secondary N) is 2. The van der Waals surface area contributed by atoms with Crippen LogP contribution in [0.25, 0.3) is 0 Å². The summed E-state index contributed by atoms with van der Waals surface area (Å²) in [6.45, 7) is 12.3. The van der Waals surface area contributed by atoms with Crippen LogP contribution < -0.4 is 10.6 Å². The topological polar surface area (TPSA) is 39.7 Å². The summed E-state index contributed by atoms with van der Waals surface area (Å²) in [6.07, 6.45) is 5.29. The number of guanidine groups is 1. The molecule has 0 heterocycles. The summed E-state index contributed by atoms with van der Waals surface area (Å²) in [5.74, 6) is 1.93. The first-order chi connectivity index (χ1) is 9.54. The Hall–Kier alpha value is -0.770. The zero-order valence-electron chi connectivity index (χ0n) is 14.1. The normalized spacial score (nSPS) is 16.3. The number of aliphatic imine (C=N–C) groups is 1. The maximum absolute atomic E-state index is 4.27. The van der Waals surface area contributed by atoms with Crippen molar-refractivity contribution in [1.82, 2.24) is 15.5 Å². The number of nitrogens with zero attached hydrogens (tertiary/aromatic N) is 2. The molecule has 1 aliphatic rings. The van der Waals surface area contributed by atoms with Crippen molar-refractivity contribution in [2.45, 2.75) is 65.5 Å². The van der Waals surface area contributed by atoms with E-state index in [9.17, 15) is 0 Å². The van der Waals surface area contributed by atoms with Gasteiger partial charge in [0.25, 0.3) is 0 Å². The van der Waals surface area contributed by atoms with E-state index >= 15 is 0 Å². The first-order valence-corrected chi connectivity index (χ1v) is 8.24. The predicted molar refractivity (Wildman–Crippen MR) is 88.3 cm³/mol. The minimum atomic E-state index is 0.617. The average Bonchev–Trinajstić information content (AvgIpc) is 3.19. The molecule has 0 unspecified atom stereocenters. The summed E-state index contributed by atoms with van der Waals surface area (Å²) >= 11 is 0. The molecule has 0 spiro atoms. The second-order valence-corrected chi connectivity index (χ2v) is 6.44. The summed E-state index contributed by atoms with van der Waals surface area (Å²) < 4.78 is 0. The molecular formula is C16H34N4. The highest BCUT2D eigenvalue weighted by Gasteiger charge is 2.20. The molecule has 0 aliphatic heterocycles. The second kappa shape index (κ2) is 9.22. The highest BCUT2D eigenvalue weighted by Crippen LogP contribution is 2.31. The maximum atomic E-state index is 4.27. The SMILES string of the molecule is CN=C(NCCCN(C(C)C)C(C)C)NCCC1CC1. The lowest BCUT2D eigenvalue weighted by atomic mass is 10.2. The van der Waals surface area contributed by atoms with Crippen molar-refractivity contribution in [2.24, 2.45) is 10.9 Å². The third kappa shape index (κ3) is 7.13. The zero-order chi connectivity index (χ0) is 15.0. The van der Waals surface area contributed by atoms with E-state index < -0.39 is 0 Å². The van der Waals surface area contributed by atoms with Crippen molar-refractivity contribution in [3.63, 3.8) is 0 Å². The van der Waals surface area contributed by atoms with Crippen LogP contribution in [0.3, 0.4) is 0 Å². The molecular weight excluding hydrogens is 248 g/mol. The molecule has 1 rings (SSSR count). The Morgan fingerprint density at radius 3 is 2.20 bits per heavy atom. The molecule has 4 nitrogen and oxygen atoms in total. The van der Waals surface area contributed by atoms with E-state index in [4.69, 9.17) is 0 Å². The Morgan fingerprint density at radius 1 is 1.10 bits per heavy atom. The summed E-state index contributed by atoms with van der Waals surface area (Å²) in [4.78, 5) is 6.81. The lowest BCUT2D eigenvalue weighted by molar-refractivity contribution is 0.173. The maximum Gasteiger partial charge on any atom is 0.190 e. The van der Waals surface area contributed by atoms with Crippen LogP contribution in [0.4, 0.5) is 0 Å². The first-order valence-electron chi connectivity index (χ1n) is 8.24. The molecule has 2 N–H and O–H groups in total. The van der Waals surface area contributed by atoms with Gasteiger partial charge in [0.2, 0.25) is 0 Å². The summed E-state index contributed by atoms with van der Waals surface area (Å²) in [7, 11) is 1.85. The summed E-state index contributed by atoms with van der Waals surface area (Å²) in [6, 6.07) is 1.23. The number of rotatable bonds is 9. The second-order valence-electron chi connectivity index (χ2n) is 6.44. The van der Waals surface area contributed by atoms with Crippen LogP contribution in [0, 0.1) is 5.92 Å². The van der Waals surface area contributed by atoms with Crippen molar-refractivity contribution in [3.8, 4) is 0 Å². The quantitative estimate of drug-likeness (QED) is 0.388. The highest BCUT2D eigenvalue weighted by atomic mass is 15.2. The van der Waals surface area contributed by atoms with Crippen LogP contribution in [0.15, 0.2) is 4.99 Å². The van der Waals surface area contributed by atoms with Crippen LogP contribution in [0.1, 0.15) is 53.4 Å².